The van der Waals surface area contributed by atoms with Gasteiger partial charge in [0.15, 0.2) is 0 Å². The molecule has 1 fully saturated rings. The highest BCUT2D eigenvalue weighted by Gasteiger charge is 2.41. The Labute approximate surface area is 150 Å². The van der Waals surface area contributed by atoms with Crippen LogP contribution in [0.25, 0.3) is 0 Å². The van der Waals surface area contributed by atoms with Gasteiger partial charge in [-0.1, -0.05) is 17.7 Å². The number of benzene rings is 1. The minimum absolute atomic E-state index is 0. The van der Waals surface area contributed by atoms with E-state index >= 15 is 0 Å². The molecule has 0 spiro atoms. The lowest BCUT2D eigenvalue weighted by Gasteiger charge is -2.33. The molecule has 1 aliphatic heterocycles. The van der Waals surface area contributed by atoms with Crippen molar-refractivity contribution in [3.63, 3.8) is 0 Å². The van der Waals surface area contributed by atoms with Crippen molar-refractivity contribution < 1.29 is 21.6 Å². The minimum Gasteiger partial charge on any atom is -0.328 e. The van der Waals surface area contributed by atoms with Gasteiger partial charge in [-0.25, -0.2) is 8.42 Å². The molecule has 4 nitrogen and oxygen atoms in total. The van der Waals surface area contributed by atoms with E-state index in [4.69, 9.17) is 17.3 Å². The number of hydrogen-bond donors (Lipinski definition) is 1. The molecular formula is C14H19Cl2F3N2O2S. The highest BCUT2D eigenvalue weighted by molar-refractivity contribution is 7.89. The SMILES string of the molecule is CC(N)C1CCN(S(=O)(=O)c2c(Cl)cccc2C(F)(F)F)CC1.Cl. The molecule has 0 aliphatic carbocycles. The fourth-order valence-corrected chi connectivity index (χ4v) is 4.96. The van der Waals surface area contributed by atoms with Crippen molar-refractivity contribution in [3.8, 4) is 0 Å². The van der Waals surface area contributed by atoms with Gasteiger partial charge in [-0.3, -0.25) is 0 Å². The van der Waals surface area contributed by atoms with Gasteiger partial charge in [0.05, 0.1) is 10.6 Å². The average molecular weight is 407 g/mol. The molecule has 1 saturated heterocycles. The quantitative estimate of drug-likeness (QED) is 0.834. The van der Waals surface area contributed by atoms with E-state index in [1.54, 1.807) is 0 Å². The maximum Gasteiger partial charge on any atom is 0.417 e. The van der Waals surface area contributed by atoms with Crippen LogP contribution in [-0.4, -0.2) is 31.9 Å². The van der Waals surface area contributed by atoms with Crippen LogP contribution in [0, 0.1) is 5.92 Å². The standard InChI is InChI=1S/C14H18ClF3N2O2S.ClH/c1-9(19)10-5-7-20(8-6-10)23(21,22)13-11(14(16,17)18)3-2-4-12(13)15;/h2-4,9-10H,5-8,19H2,1H3;1H. The van der Waals surface area contributed by atoms with Gasteiger partial charge in [0.2, 0.25) is 10.0 Å². The Kier molecular flexibility index (Phi) is 6.97. The zero-order valence-electron chi connectivity index (χ0n) is 12.9. The normalized spacial score (nSPS) is 18.9. The van der Waals surface area contributed by atoms with E-state index in [1.807, 2.05) is 6.92 Å². The third-order valence-corrected chi connectivity index (χ3v) is 6.54. The molecule has 1 aromatic rings. The number of piperidine rings is 1. The van der Waals surface area contributed by atoms with Gasteiger partial charge >= 0.3 is 6.18 Å². The maximum absolute atomic E-state index is 13.1. The Hall–Kier alpha value is -0.540. The molecule has 138 valence electrons. The molecule has 1 heterocycles. The summed E-state index contributed by atoms with van der Waals surface area (Å²) in [5.74, 6) is 0.162. The zero-order chi connectivity index (χ0) is 17.4. The number of nitrogens with two attached hydrogens (primary N) is 1. The molecule has 24 heavy (non-hydrogen) atoms. The molecule has 0 radical (unpaired) electrons. The first kappa shape index (κ1) is 21.5. The van der Waals surface area contributed by atoms with Gasteiger partial charge in [0.1, 0.15) is 4.90 Å². The van der Waals surface area contributed by atoms with Crippen molar-refractivity contribution in [1.82, 2.24) is 4.31 Å². The molecule has 10 heteroatoms. The van der Waals surface area contributed by atoms with Gasteiger partial charge in [0, 0.05) is 19.1 Å². The van der Waals surface area contributed by atoms with Crippen molar-refractivity contribution in [2.75, 3.05) is 13.1 Å². The Bertz CT molecular complexity index is 673. The van der Waals surface area contributed by atoms with Gasteiger partial charge in [-0.05, 0) is 37.8 Å². The van der Waals surface area contributed by atoms with Crippen LogP contribution in [0.1, 0.15) is 25.3 Å². The maximum atomic E-state index is 13.1. The molecule has 1 atom stereocenters. The van der Waals surface area contributed by atoms with E-state index in [0.717, 1.165) is 22.5 Å². The Morgan fingerprint density at radius 3 is 2.29 bits per heavy atom. The zero-order valence-corrected chi connectivity index (χ0v) is 15.3. The van der Waals surface area contributed by atoms with Gasteiger partial charge in [-0.15, -0.1) is 12.4 Å². The number of alkyl halides is 3. The second-order valence-electron chi connectivity index (χ2n) is 5.71. The monoisotopic (exact) mass is 406 g/mol. The number of sulfonamides is 1. The number of halogens is 5. The second kappa shape index (κ2) is 7.78. The molecular weight excluding hydrogens is 388 g/mol. The molecule has 1 aromatic carbocycles. The average Bonchev–Trinajstić information content (AvgIpc) is 2.46. The molecule has 2 rings (SSSR count). The molecule has 1 unspecified atom stereocenters. The topological polar surface area (TPSA) is 63.4 Å². The third-order valence-electron chi connectivity index (χ3n) is 4.11. The molecule has 0 bridgehead atoms. The third kappa shape index (κ3) is 4.35. The summed E-state index contributed by atoms with van der Waals surface area (Å²) in [5.41, 5.74) is 4.56. The van der Waals surface area contributed by atoms with Crippen LogP contribution >= 0.6 is 24.0 Å². The first-order valence-corrected chi connectivity index (χ1v) is 8.98. The van der Waals surface area contributed by atoms with Crippen LogP contribution in [0.2, 0.25) is 5.02 Å². The van der Waals surface area contributed by atoms with Crippen LogP contribution in [0.3, 0.4) is 0 Å². The van der Waals surface area contributed by atoms with Crippen molar-refractivity contribution in [2.24, 2.45) is 11.7 Å². The van der Waals surface area contributed by atoms with Crippen LogP contribution in [0.4, 0.5) is 13.2 Å². The lowest BCUT2D eigenvalue weighted by atomic mass is 9.92. The molecule has 0 aromatic heterocycles. The lowest BCUT2D eigenvalue weighted by molar-refractivity contribution is -0.139. The summed E-state index contributed by atoms with van der Waals surface area (Å²) in [6.07, 6.45) is -3.76. The van der Waals surface area contributed by atoms with E-state index in [2.05, 4.69) is 0 Å². The van der Waals surface area contributed by atoms with Crippen LogP contribution in [-0.2, 0) is 16.2 Å². The first-order valence-electron chi connectivity index (χ1n) is 7.16. The van der Waals surface area contributed by atoms with Gasteiger partial charge in [0.25, 0.3) is 0 Å². The summed E-state index contributed by atoms with van der Waals surface area (Å²) in [4.78, 5) is -0.867. The smallest absolute Gasteiger partial charge is 0.328 e. The predicted molar refractivity (Wildman–Crippen MR) is 88.8 cm³/mol. The largest absolute Gasteiger partial charge is 0.417 e. The van der Waals surface area contributed by atoms with Crippen LogP contribution < -0.4 is 5.73 Å². The minimum atomic E-state index is -4.79. The van der Waals surface area contributed by atoms with Crippen LogP contribution in [0.5, 0.6) is 0 Å². The number of rotatable bonds is 3. The fraction of sp³-hybridized carbons (Fsp3) is 0.571. The van der Waals surface area contributed by atoms with Gasteiger partial charge in [-0.2, -0.15) is 17.5 Å². The van der Waals surface area contributed by atoms with E-state index in [-0.39, 0.29) is 37.5 Å². The number of hydrogen-bond acceptors (Lipinski definition) is 3. The summed E-state index contributed by atoms with van der Waals surface area (Å²) >= 11 is 5.79. The van der Waals surface area contributed by atoms with Crippen molar-refractivity contribution in [2.45, 2.75) is 36.9 Å². The van der Waals surface area contributed by atoms with Gasteiger partial charge < -0.3 is 5.73 Å². The molecule has 0 amide bonds. The molecule has 2 N–H and O–H groups in total. The summed E-state index contributed by atoms with van der Waals surface area (Å²) in [7, 11) is -4.32. The highest BCUT2D eigenvalue weighted by atomic mass is 35.5. The summed E-state index contributed by atoms with van der Waals surface area (Å²) in [6.45, 7) is 2.11. The van der Waals surface area contributed by atoms with Crippen molar-refractivity contribution in [3.05, 3.63) is 28.8 Å². The fourth-order valence-electron chi connectivity index (χ4n) is 2.77. The van der Waals surface area contributed by atoms with E-state index in [1.165, 1.54) is 0 Å². The predicted octanol–water partition coefficient (Wildman–Crippen LogP) is 3.53. The Balaban J connectivity index is 0.00000288. The number of nitrogens with zero attached hydrogens (tertiary/aromatic N) is 1. The summed E-state index contributed by atoms with van der Waals surface area (Å²) < 4.78 is 65.8. The summed E-state index contributed by atoms with van der Waals surface area (Å²) in [6, 6.07) is 2.89. The second-order valence-corrected chi connectivity index (χ2v) is 8.00. The van der Waals surface area contributed by atoms with E-state index in [0.29, 0.717) is 12.8 Å². The van der Waals surface area contributed by atoms with E-state index < -0.39 is 31.7 Å². The van der Waals surface area contributed by atoms with Crippen molar-refractivity contribution >= 4 is 34.0 Å². The highest BCUT2D eigenvalue weighted by Crippen LogP contribution is 2.39. The Morgan fingerprint density at radius 2 is 1.83 bits per heavy atom. The Morgan fingerprint density at radius 1 is 1.29 bits per heavy atom. The molecule has 0 saturated carbocycles. The summed E-state index contributed by atoms with van der Waals surface area (Å²) in [5, 5.41) is -0.422. The lowest BCUT2D eigenvalue weighted by Crippen LogP contribution is -2.43. The molecule has 1 aliphatic rings. The first-order chi connectivity index (χ1) is 10.5. The van der Waals surface area contributed by atoms with E-state index in [9.17, 15) is 21.6 Å². The van der Waals surface area contributed by atoms with Crippen LogP contribution in [0.15, 0.2) is 23.1 Å². The van der Waals surface area contributed by atoms with Crippen molar-refractivity contribution in [1.29, 1.82) is 0 Å².